The number of hydrogen-bond donors (Lipinski definition) is 1. The number of rotatable bonds is 3. The van der Waals surface area contributed by atoms with Crippen molar-refractivity contribution in [1.29, 1.82) is 0 Å². The summed E-state index contributed by atoms with van der Waals surface area (Å²) < 4.78 is 7.17. The van der Waals surface area contributed by atoms with Crippen molar-refractivity contribution in [1.82, 2.24) is 9.55 Å². The van der Waals surface area contributed by atoms with Gasteiger partial charge in [-0.15, -0.1) is 11.3 Å². The lowest BCUT2D eigenvalue weighted by molar-refractivity contribution is 0.103. The van der Waals surface area contributed by atoms with Crippen molar-refractivity contribution in [2.45, 2.75) is 33.2 Å². The van der Waals surface area contributed by atoms with E-state index >= 15 is 0 Å². The van der Waals surface area contributed by atoms with E-state index in [0.717, 1.165) is 67.5 Å². The van der Waals surface area contributed by atoms with Crippen LogP contribution >= 0.6 is 11.3 Å². The lowest BCUT2D eigenvalue weighted by Crippen LogP contribution is -2.36. The molecule has 3 aromatic rings. The highest BCUT2D eigenvalue weighted by molar-refractivity contribution is 7.20. The Morgan fingerprint density at radius 2 is 2.00 bits per heavy atom. The number of aromatic nitrogens is 2. The SMILES string of the molecule is Cc1cc(N2CCOCC2)ccc1NC(=O)c1sc2nc3n(c(=O)c2c1C)CCC3. The fraction of sp³-hybridized carbons (Fsp3) is 0.409. The highest BCUT2D eigenvalue weighted by atomic mass is 32.1. The number of fused-ring (bicyclic) bond motifs is 2. The molecule has 0 unspecified atom stereocenters. The summed E-state index contributed by atoms with van der Waals surface area (Å²) in [5.41, 5.74) is 3.61. The number of carbonyl (C=O) groups excluding carboxylic acids is 1. The van der Waals surface area contributed by atoms with Crippen LogP contribution in [0.25, 0.3) is 10.2 Å². The summed E-state index contributed by atoms with van der Waals surface area (Å²) in [6.07, 6.45) is 1.77. The standard InChI is InChI=1S/C22H24N4O3S/c1-13-12-15(25-8-10-29-11-9-25)5-6-16(13)23-20(27)19-14(2)18-21(30-19)24-17-4-3-7-26(17)22(18)28/h5-6,12H,3-4,7-11H2,1-2H3,(H,23,27). The van der Waals surface area contributed by atoms with Gasteiger partial charge in [0.25, 0.3) is 11.5 Å². The van der Waals surface area contributed by atoms with E-state index in [1.807, 2.05) is 26.0 Å². The van der Waals surface area contributed by atoms with E-state index in [1.54, 1.807) is 4.57 Å². The van der Waals surface area contributed by atoms with Gasteiger partial charge in [-0.25, -0.2) is 4.98 Å². The van der Waals surface area contributed by atoms with Gasteiger partial charge in [-0.05, 0) is 49.6 Å². The quantitative estimate of drug-likeness (QED) is 0.699. The van der Waals surface area contributed by atoms with Crippen LogP contribution in [0.3, 0.4) is 0 Å². The maximum atomic E-state index is 13.0. The number of amides is 1. The van der Waals surface area contributed by atoms with E-state index in [1.165, 1.54) is 11.3 Å². The van der Waals surface area contributed by atoms with E-state index in [0.29, 0.717) is 21.6 Å². The fourth-order valence-corrected chi connectivity index (χ4v) is 5.36. The Kier molecular flexibility index (Phi) is 4.83. The number of morpholine rings is 1. The van der Waals surface area contributed by atoms with E-state index in [2.05, 4.69) is 21.3 Å². The summed E-state index contributed by atoms with van der Waals surface area (Å²) in [5.74, 6) is 0.637. The number of benzene rings is 1. The third kappa shape index (κ3) is 3.20. The van der Waals surface area contributed by atoms with Crippen molar-refractivity contribution in [3.05, 3.63) is 50.4 Å². The Hall–Kier alpha value is -2.71. The summed E-state index contributed by atoms with van der Waals surface area (Å²) >= 11 is 1.30. The van der Waals surface area contributed by atoms with Gasteiger partial charge < -0.3 is 15.0 Å². The first kappa shape index (κ1) is 19.3. The molecule has 0 saturated carbocycles. The predicted molar refractivity (Wildman–Crippen MR) is 119 cm³/mol. The zero-order valence-electron chi connectivity index (χ0n) is 17.2. The summed E-state index contributed by atoms with van der Waals surface area (Å²) in [7, 11) is 0. The zero-order chi connectivity index (χ0) is 20.8. The Morgan fingerprint density at radius 3 is 2.77 bits per heavy atom. The van der Waals surface area contributed by atoms with Gasteiger partial charge in [0.05, 0.1) is 23.5 Å². The number of aryl methyl sites for hydroxylation is 3. The maximum absolute atomic E-state index is 13.0. The lowest BCUT2D eigenvalue weighted by Gasteiger charge is -2.29. The molecule has 1 fully saturated rings. The van der Waals surface area contributed by atoms with Crippen LogP contribution in [0.1, 0.15) is 33.0 Å². The van der Waals surface area contributed by atoms with E-state index < -0.39 is 0 Å². The van der Waals surface area contributed by atoms with Crippen molar-refractivity contribution in [3.8, 4) is 0 Å². The fourth-order valence-electron chi connectivity index (χ4n) is 4.28. The monoisotopic (exact) mass is 424 g/mol. The zero-order valence-corrected chi connectivity index (χ0v) is 18.0. The minimum Gasteiger partial charge on any atom is -0.378 e. The average molecular weight is 425 g/mol. The molecule has 2 aromatic heterocycles. The van der Waals surface area contributed by atoms with Crippen LogP contribution in [0.5, 0.6) is 0 Å². The number of ether oxygens (including phenoxy) is 1. The molecule has 156 valence electrons. The number of nitrogens with zero attached hydrogens (tertiary/aromatic N) is 3. The third-order valence-electron chi connectivity index (χ3n) is 5.95. The molecular weight excluding hydrogens is 400 g/mol. The number of thiophene rings is 1. The van der Waals surface area contributed by atoms with Crippen LogP contribution < -0.4 is 15.8 Å². The number of nitrogens with one attached hydrogen (secondary N) is 1. The van der Waals surface area contributed by atoms with Crippen LogP contribution in [0, 0.1) is 13.8 Å². The Morgan fingerprint density at radius 1 is 1.20 bits per heavy atom. The summed E-state index contributed by atoms with van der Waals surface area (Å²) in [6, 6.07) is 6.07. The second-order valence-corrected chi connectivity index (χ2v) is 8.88. The van der Waals surface area contributed by atoms with Crippen molar-refractivity contribution < 1.29 is 9.53 Å². The molecule has 1 N–H and O–H groups in total. The Labute approximate surface area is 178 Å². The molecule has 1 aromatic carbocycles. The molecule has 7 nitrogen and oxygen atoms in total. The molecule has 0 bridgehead atoms. The number of hydrogen-bond acceptors (Lipinski definition) is 6. The Bertz CT molecular complexity index is 1210. The highest BCUT2D eigenvalue weighted by Crippen LogP contribution is 2.30. The van der Waals surface area contributed by atoms with Gasteiger partial charge >= 0.3 is 0 Å². The molecule has 1 amide bonds. The average Bonchev–Trinajstić information content (AvgIpc) is 3.35. The summed E-state index contributed by atoms with van der Waals surface area (Å²) in [6.45, 7) is 7.77. The van der Waals surface area contributed by atoms with E-state index in [4.69, 9.17) is 4.74 Å². The molecule has 8 heteroatoms. The van der Waals surface area contributed by atoms with Gasteiger partial charge in [-0.3, -0.25) is 14.2 Å². The Balaban J connectivity index is 1.43. The first-order valence-corrected chi connectivity index (χ1v) is 11.1. The second-order valence-electron chi connectivity index (χ2n) is 7.88. The normalized spacial score (nSPS) is 16.1. The van der Waals surface area contributed by atoms with Gasteiger partial charge in [-0.2, -0.15) is 0 Å². The largest absolute Gasteiger partial charge is 0.378 e. The summed E-state index contributed by atoms with van der Waals surface area (Å²) in [4.78, 5) is 34.1. The van der Waals surface area contributed by atoms with Gasteiger partial charge in [0.15, 0.2) is 0 Å². The highest BCUT2D eigenvalue weighted by Gasteiger charge is 2.23. The molecule has 2 aliphatic rings. The molecular formula is C22H24N4O3S. The maximum Gasteiger partial charge on any atom is 0.266 e. The second kappa shape index (κ2) is 7.52. The lowest BCUT2D eigenvalue weighted by atomic mass is 10.1. The molecule has 0 aliphatic carbocycles. The molecule has 2 aliphatic heterocycles. The van der Waals surface area contributed by atoms with Crippen molar-refractivity contribution in [2.75, 3.05) is 36.5 Å². The molecule has 1 saturated heterocycles. The predicted octanol–water partition coefficient (Wildman–Crippen LogP) is 3.11. The van der Waals surface area contributed by atoms with Gasteiger partial charge in [0.1, 0.15) is 10.7 Å². The van der Waals surface area contributed by atoms with Crippen molar-refractivity contribution >= 4 is 38.8 Å². The first-order valence-electron chi connectivity index (χ1n) is 10.3. The smallest absolute Gasteiger partial charge is 0.266 e. The first-order chi connectivity index (χ1) is 14.5. The molecule has 0 atom stereocenters. The van der Waals surface area contributed by atoms with Crippen molar-refractivity contribution in [2.24, 2.45) is 0 Å². The van der Waals surface area contributed by atoms with Crippen LogP contribution in [0.2, 0.25) is 0 Å². The minimum absolute atomic E-state index is 0.0219. The number of anilines is 2. The van der Waals surface area contributed by atoms with Crippen molar-refractivity contribution in [3.63, 3.8) is 0 Å². The van der Waals surface area contributed by atoms with Crippen LogP contribution in [0.15, 0.2) is 23.0 Å². The van der Waals surface area contributed by atoms with Crippen LogP contribution in [-0.4, -0.2) is 41.8 Å². The minimum atomic E-state index is -0.192. The van der Waals surface area contributed by atoms with E-state index in [9.17, 15) is 9.59 Å². The van der Waals surface area contributed by atoms with E-state index in [-0.39, 0.29) is 11.5 Å². The molecule has 4 heterocycles. The van der Waals surface area contributed by atoms with Gasteiger partial charge in [-0.1, -0.05) is 0 Å². The molecule has 0 radical (unpaired) electrons. The molecule has 0 spiro atoms. The van der Waals surface area contributed by atoms with Gasteiger partial charge in [0, 0.05) is 37.4 Å². The molecule has 30 heavy (non-hydrogen) atoms. The van der Waals surface area contributed by atoms with Crippen LogP contribution in [0.4, 0.5) is 11.4 Å². The molecule has 5 rings (SSSR count). The third-order valence-corrected chi connectivity index (χ3v) is 7.14. The topological polar surface area (TPSA) is 76.5 Å². The van der Waals surface area contributed by atoms with Crippen LogP contribution in [-0.2, 0) is 17.7 Å². The summed E-state index contributed by atoms with van der Waals surface area (Å²) in [5, 5.41) is 3.61. The number of carbonyl (C=O) groups is 1. The van der Waals surface area contributed by atoms with Gasteiger partial charge in [0.2, 0.25) is 0 Å².